The van der Waals surface area contributed by atoms with E-state index in [9.17, 15) is 19.3 Å². The summed E-state index contributed by atoms with van der Waals surface area (Å²) in [5.41, 5.74) is 0. The predicted molar refractivity (Wildman–Crippen MR) is 208 cm³/mol. The van der Waals surface area contributed by atoms with Crippen molar-refractivity contribution in [2.24, 2.45) is 5.92 Å². The molecule has 0 aliphatic rings. The minimum Gasteiger partial charge on any atom is -0.462 e. The van der Waals surface area contributed by atoms with E-state index in [0.29, 0.717) is 25.7 Å². The van der Waals surface area contributed by atoms with E-state index >= 15 is 0 Å². The molecule has 51 heavy (non-hydrogen) atoms. The van der Waals surface area contributed by atoms with Crippen LogP contribution >= 0.6 is 7.82 Å². The molecule has 0 aliphatic heterocycles. The maximum absolute atomic E-state index is 12.4. The number of esters is 2. The number of ether oxygens (including phenoxy) is 2. The second-order valence-corrected chi connectivity index (χ2v) is 15.2. The first-order valence-electron chi connectivity index (χ1n) is 19.9. The highest BCUT2D eigenvalue weighted by Gasteiger charge is 2.22. The van der Waals surface area contributed by atoms with Gasteiger partial charge in [-0.25, -0.2) is 4.57 Å². The molecule has 0 saturated carbocycles. The van der Waals surface area contributed by atoms with Crippen LogP contribution in [0.1, 0.15) is 168 Å². The summed E-state index contributed by atoms with van der Waals surface area (Å²) in [6.07, 6.45) is 37.6. The Balaban J connectivity index is 4.07. The Morgan fingerprint density at radius 1 is 0.627 bits per heavy atom. The Hall–Kier alpha value is -2.03. The fourth-order valence-corrected chi connectivity index (χ4v) is 5.75. The van der Waals surface area contributed by atoms with Crippen molar-refractivity contribution >= 4 is 19.8 Å². The van der Waals surface area contributed by atoms with Gasteiger partial charge in [-0.15, -0.1) is 0 Å². The topological polar surface area (TPSA) is 140 Å². The van der Waals surface area contributed by atoms with E-state index in [4.69, 9.17) is 19.3 Å². The number of rotatable bonds is 35. The standard InChI is InChI=1S/C41H73O9P/c1-4-30-38(42)32-27-23-19-15-11-6-5-7-13-17-21-25-29-34-41(44)50-39(36-49-51(45,46)47)35-48-40(43)33-28-24-20-16-12-9-8-10-14-18-22-26-31-37(2)3/h5,7,11,15,17,21,23,27,37-39,42H,4,6,8-10,12-14,16,18-20,22,24-26,28-36H2,1-3H3,(H2,45,46,47)/b7-5-,15-11-,21-17-,27-23-/t38?,39-/m1/s1. The Bertz CT molecular complexity index is 999. The molecule has 0 rings (SSSR count). The molecule has 0 aromatic heterocycles. The molecule has 0 fully saturated rings. The van der Waals surface area contributed by atoms with Crippen molar-refractivity contribution in [1.82, 2.24) is 0 Å². The van der Waals surface area contributed by atoms with E-state index in [2.05, 4.69) is 55.7 Å². The summed E-state index contributed by atoms with van der Waals surface area (Å²) in [6, 6.07) is 0. The lowest BCUT2D eigenvalue weighted by molar-refractivity contribution is -0.161. The van der Waals surface area contributed by atoms with Crippen molar-refractivity contribution in [1.29, 1.82) is 0 Å². The highest BCUT2D eigenvalue weighted by molar-refractivity contribution is 7.46. The number of allylic oxidation sites excluding steroid dienone is 7. The summed E-state index contributed by atoms with van der Waals surface area (Å²) in [4.78, 5) is 42.7. The van der Waals surface area contributed by atoms with Gasteiger partial charge in [-0.1, -0.05) is 153 Å². The van der Waals surface area contributed by atoms with Gasteiger partial charge in [0.25, 0.3) is 0 Å². The number of hydrogen-bond donors (Lipinski definition) is 3. The summed E-state index contributed by atoms with van der Waals surface area (Å²) < 4.78 is 26.3. The Labute approximate surface area is 310 Å². The first-order valence-corrected chi connectivity index (χ1v) is 21.4. The number of unbranched alkanes of at least 4 members (excludes halogenated alkanes) is 12. The SMILES string of the molecule is CCCC(O)C/C=C\C/C=C\C/C=C\C/C=C\CCCC(=O)O[C@H](COC(=O)CCCCCCCCCCCCCCC(C)C)COP(=O)(O)O. The molecule has 0 saturated heterocycles. The van der Waals surface area contributed by atoms with E-state index in [0.717, 1.165) is 57.3 Å². The van der Waals surface area contributed by atoms with Gasteiger partial charge < -0.3 is 24.4 Å². The van der Waals surface area contributed by atoms with Crippen LogP contribution in [0.3, 0.4) is 0 Å². The summed E-state index contributed by atoms with van der Waals surface area (Å²) in [5.74, 6) is -0.158. The zero-order chi connectivity index (χ0) is 37.8. The Morgan fingerprint density at radius 2 is 1.12 bits per heavy atom. The highest BCUT2D eigenvalue weighted by atomic mass is 31.2. The van der Waals surface area contributed by atoms with Gasteiger partial charge >= 0.3 is 19.8 Å². The van der Waals surface area contributed by atoms with Crippen LogP contribution < -0.4 is 0 Å². The molecular formula is C41H73O9P. The van der Waals surface area contributed by atoms with E-state index in [1.54, 1.807) is 0 Å². The first-order chi connectivity index (χ1) is 24.5. The van der Waals surface area contributed by atoms with E-state index in [-0.39, 0.29) is 25.6 Å². The number of aliphatic hydroxyl groups excluding tert-OH is 1. The van der Waals surface area contributed by atoms with Crippen LogP contribution in [0.4, 0.5) is 0 Å². The zero-order valence-electron chi connectivity index (χ0n) is 32.3. The lowest BCUT2D eigenvalue weighted by Crippen LogP contribution is -2.29. The van der Waals surface area contributed by atoms with E-state index < -0.39 is 32.5 Å². The predicted octanol–water partition coefficient (Wildman–Crippen LogP) is 10.8. The molecule has 1 unspecified atom stereocenters. The molecule has 3 N–H and O–H groups in total. The van der Waals surface area contributed by atoms with Gasteiger partial charge in [0, 0.05) is 12.8 Å². The quantitative estimate of drug-likeness (QED) is 0.0251. The number of carbonyl (C=O) groups is 2. The van der Waals surface area contributed by atoms with Gasteiger partial charge in [-0.3, -0.25) is 14.1 Å². The van der Waals surface area contributed by atoms with E-state index in [1.807, 2.05) is 18.2 Å². The van der Waals surface area contributed by atoms with Crippen LogP contribution in [0.15, 0.2) is 48.6 Å². The van der Waals surface area contributed by atoms with Crippen LogP contribution in [0.25, 0.3) is 0 Å². The van der Waals surface area contributed by atoms with Crippen molar-refractivity contribution in [2.45, 2.75) is 181 Å². The Kier molecular flexibility index (Phi) is 33.6. The molecule has 0 aliphatic carbocycles. The maximum Gasteiger partial charge on any atom is 0.469 e. The lowest BCUT2D eigenvalue weighted by atomic mass is 10.0. The lowest BCUT2D eigenvalue weighted by Gasteiger charge is -2.18. The van der Waals surface area contributed by atoms with Crippen LogP contribution in [0, 0.1) is 5.92 Å². The summed E-state index contributed by atoms with van der Waals surface area (Å²) in [6.45, 7) is 5.76. The fraction of sp³-hybridized carbons (Fsp3) is 0.756. The van der Waals surface area contributed by atoms with Gasteiger partial charge in [0.2, 0.25) is 0 Å². The van der Waals surface area contributed by atoms with Gasteiger partial charge in [-0.2, -0.15) is 0 Å². The molecule has 0 spiro atoms. The third kappa shape index (κ3) is 39.0. The molecule has 296 valence electrons. The monoisotopic (exact) mass is 740 g/mol. The minimum absolute atomic E-state index is 0.121. The highest BCUT2D eigenvalue weighted by Crippen LogP contribution is 2.36. The number of carbonyl (C=O) groups excluding carboxylic acids is 2. The Morgan fingerprint density at radius 3 is 1.65 bits per heavy atom. The first kappa shape index (κ1) is 49.0. The summed E-state index contributed by atoms with van der Waals surface area (Å²) >= 11 is 0. The summed E-state index contributed by atoms with van der Waals surface area (Å²) in [5, 5.41) is 9.70. The zero-order valence-corrected chi connectivity index (χ0v) is 33.2. The van der Waals surface area contributed by atoms with Crippen molar-refractivity contribution in [3.8, 4) is 0 Å². The molecular weight excluding hydrogens is 667 g/mol. The molecule has 10 heteroatoms. The van der Waals surface area contributed by atoms with Gasteiger partial charge in [0.1, 0.15) is 6.61 Å². The third-order valence-electron chi connectivity index (χ3n) is 8.33. The van der Waals surface area contributed by atoms with Gasteiger partial charge in [0.05, 0.1) is 12.7 Å². The molecule has 0 heterocycles. The number of phosphoric acid groups is 1. The average molecular weight is 741 g/mol. The van der Waals surface area contributed by atoms with Gasteiger partial charge in [0.15, 0.2) is 6.10 Å². The molecule has 0 aromatic carbocycles. The molecule has 0 bridgehead atoms. The maximum atomic E-state index is 12.4. The van der Waals surface area contributed by atoms with Crippen molar-refractivity contribution in [2.75, 3.05) is 13.2 Å². The van der Waals surface area contributed by atoms with Crippen molar-refractivity contribution in [3.05, 3.63) is 48.6 Å². The van der Waals surface area contributed by atoms with Crippen LogP contribution in [-0.2, 0) is 28.2 Å². The molecule has 2 atom stereocenters. The average Bonchev–Trinajstić information content (AvgIpc) is 3.07. The van der Waals surface area contributed by atoms with Crippen molar-refractivity contribution in [3.63, 3.8) is 0 Å². The largest absolute Gasteiger partial charge is 0.469 e. The minimum atomic E-state index is -4.78. The van der Waals surface area contributed by atoms with Crippen LogP contribution in [0.5, 0.6) is 0 Å². The molecule has 9 nitrogen and oxygen atoms in total. The third-order valence-corrected chi connectivity index (χ3v) is 8.82. The van der Waals surface area contributed by atoms with Gasteiger partial charge in [-0.05, 0) is 57.3 Å². The number of phosphoric ester groups is 1. The number of hydrogen-bond acceptors (Lipinski definition) is 7. The van der Waals surface area contributed by atoms with E-state index in [1.165, 1.54) is 57.8 Å². The smallest absolute Gasteiger partial charge is 0.462 e. The second kappa shape index (κ2) is 35.0. The fourth-order valence-electron chi connectivity index (χ4n) is 5.39. The second-order valence-electron chi connectivity index (χ2n) is 13.9. The molecule has 0 amide bonds. The van der Waals surface area contributed by atoms with Crippen LogP contribution in [-0.4, -0.2) is 52.3 Å². The summed E-state index contributed by atoms with van der Waals surface area (Å²) in [7, 11) is -4.78. The normalized spacial score (nSPS) is 13.7. The molecule has 0 aromatic rings. The van der Waals surface area contributed by atoms with Crippen molar-refractivity contribution < 1.29 is 43.0 Å². The molecule has 0 radical (unpaired) electrons. The number of aliphatic hydroxyl groups is 1. The van der Waals surface area contributed by atoms with Crippen LogP contribution in [0.2, 0.25) is 0 Å².